The summed E-state index contributed by atoms with van der Waals surface area (Å²) in [5.41, 5.74) is 7.39. The van der Waals surface area contributed by atoms with Crippen molar-refractivity contribution in [2.45, 2.75) is 38.5 Å². The zero-order valence-corrected chi connectivity index (χ0v) is 50.1. The van der Waals surface area contributed by atoms with Crippen molar-refractivity contribution in [2.75, 3.05) is 211 Å². The smallest absolute Gasteiger partial charge is 0.397 e. The second-order valence-corrected chi connectivity index (χ2v) is 19.8. The first-order valence-corrected chi connectivity index (χ1v) is 30.3. The molecule has 20 nitrogen and oxygen atoms in total. The Labute approximate surface area is 493 Å². The maximum absolute atomic E-state index is 10.4. The first-order valence-electron chi connectivity index (χ1n) is 29.0. The monoisotopic (exact) mass is 1190 g/mol. The molecule has 0 saturated heterocycles. The van der Waals surface area contributed by atoms with Gasteiger partial charge in [-0.2, -0.15) is 8.42 Å². The number of ether oxygens (including phenoxy) is 16. The molecule has 0 fully saturated rings. The minimum atomic E-state index is -4.44. The van der Waals surface area contributed by atoms with E-state index >= 15 is 0 Å². The lowest BCUT2D eigenvalue weighted by molar-refractivity contribution is -0.0302. The van der Waals surface area contributed by atoms with Crippen LogP contribution in [0.1, 0.15) is 71.9 Å². The third-order valence-corrected chi connectivity index (χ3v) is 13.1. The fraction of sp³-hybridized carbons (Fsp3) is 0.613. The Morgan fingerprint density at radius 2 is 0.494 bits per heavy atom. The second kappa shape index (κ2) is 48.1. The summed E-state index contributed by atoms with van der Waals surface area (Å²) in [4.78, 5) is 0. The van der Waals surface area contributed by atoms with Crippen molar-refractivity contribution in [3.05, 3.63) is 137 Å². The van der Waals surface area contributed by atoms with Gasteiger partial charge in [0.1, 0.15) is 12.4 Å². The molecule has 0 aliphatic rings. The third-order valence-electron chi connectivity index (χ3n) is 12.6. The zero-order chi connectivity index (χ0) is 58.9. The van der Waals surface area contributed by atoms with Crippen LogP contribution in [0.25, 0.3) is 0 Å². The maximum atomic E-state index is 10.4. The number of rotatable bonds is 56. The van der Waals surface area contributed by atoms with E-state index in [0.29, 0.717) is 192 Å². The summed E-state index contributed by atoms with van der Waals surface area (Å²) in [5, 5.41) is 0. The summed E-state index contributed by atoms with van der Waals surface area (Å²) in [7, 11) is -4.44. The average molecular weight is 1190 g/mol. The molecular weight excluding hydrogens is 1100 g/mol. The van der Waals surface area contributed by atoms with Crippen molar-refractivity contribution < 1.29 is 92.9 Å². The van der Waals surface area contributed by atoms with Crippen LogP contribution in [0.2, 0.25) is 0 Å². The molecule has 4 aromatic carbocycles. The van der Waals surface area contributed by atoms with Crippen LogP contribution in [0.3, 0.4) is 0 Å². The van der Waals surface area contributed by atoms with Crippen molar-refractivity contribution >= 4 is 10.4 Å². The van der Waals surface area contributed by atoms with Crippen LogP contribution in [0.15, 0.2) is 103 Å². The van der Waals surface area contributed by atoms with Crippen molar-refractivity contribution in [1.29, 1.82) is 0 Å². The molecule has 0 radical (unpaired) electrons. The summed E-state index contributed by atoms with van der Waals surface area (Å²) >= 11 is 0. The fourth-order valence-electron chi connectivity index (χ4n) is 8.12. The molecule has 83 heavy (non-hydrogen) atoms. The van der Waals surface area contributed by atoms with Gasteiger partial charge in [0, 0.05) is 28.9 Å². The predicted molar refractivity (Wildman–Crippen MR) is 314 cm³/mol. The van der Waals surface area contributed by atoms with E-state index in [2.05, 4.69) is 128 Å². The van der Waals surface area contributed by atoms with E-state index in [4.69, 9.17) is 80.3 Å². The largest absolute Gasteiger partial charge is 0.491 e. The molecular formula is C62H94O20S. The van der Waals surface area contributed by atoms with Gasteiger partial charge in [-0.1, -0.05) is 124 Å². The molecule has 1 N–H and O–H groups in total. The van der Waals surface area contributed by atoms with Crippen LogP contribution in [-0.4, -0.2) is 224 Å². The molecule has 0 aliphatic carbocycles. The minimum absolute atomic E-state index is 0.0233. The van der Waals surface area contributed by atoms with Crippen LogP contribution in [0.4, 0.5) is 0 Å². The lowest BCUT2D eigenvalue weighted by Crippen LogP contribution is -2.16. The highest BCUT2D eigenvalue weighted by molar-refractivity contribution is 7.80. The van der Waals surface area contributed by atoms with Crippen LogP contribution in [-0.2, 0) is 85.6 Å². The third kappa shape index (κ3) is 35.2. The molecule has 3 unspecified atom stereocenters. The van der Waals surface area contributed by atoms with Gasteiger partial charge in [-0.05, 0) is 22.3 Å². The van der Waals surface area contributed by atoms with E-state index in [-0.39, 0.29) is 37.6 Å². The van der Waals surface area contributed by atoms with Gasteiger partial charge in [-0.3, -0.25) is 4.55 Å². The van der Waals surface area contributed by atoms with Crippen LogP contribution in [0, 0.1) is 0 Å². The molecule has 0 spiro atoms. The minimum Gasteiger partial charge on any atom is -0.491 e. The summed E-state index contributed by atoms with van der Waals surface area (Å²) in [6, 6.07) is 36.7. The molecule has 0 bridgehead atoms. The van der Waals surface area contributed by atoms with Gasteiger partial charge < -0.3 is 75.8 Å². The molecule has 0 amide bonds. The van der Waals surface area contributed by atoms with Gasteiger partial charge in [0.05, 0.1) is 205 Å². The predicted octanol–water partition coefficient (Wildman–Crippen LogP) is 7.59. The first kappa shape index (κ1) is 71.4. The Hall–Kier alpha value is -4.05. The molecule has 0 aliphatic heterocycles. The average Bonchev–Trinajstić information content (AvgIpc) is 3.28. The summed E-state index contributed by atoms with van der Waals surface area (Å²) in [6.07, 6.45) is 0. The molecule has 0 aromatic heterocycles. The molecule has 468 valence electrons. The summed E-state index contributed by atoms with van der Waals surface area (Å²) in [5.74, 6) is 1.36. The topological polar surface area (TPSA) is 211 Å². The van der Waals surface area contributed by atoms with Crippen LogP contribution < -0.4 is 4.74 Å². The standard InChI is InChI=1S/C62H94O20S/c1-53(56-13-7-4-8-14-56)59-51-60(54(2)57-15-9-5-10-16-57)62(61(52-59)55(3)58-17-11-6-12-18-58)81-49-47-79-45-43-77-41-39-75-37-35-73-33-31-71-29-27-69-25-23-67-21-19-66-20-22-68-24-26-70-28-30-72-32-34-74-36-38-76-40-42-78-44-46-80-48-50-82-83(63,64)65/h4-18,51-55H,19-50H2,1-3H3,(H,63,64,65). The highest BCUT2D eigenvalue weighted by atomic mass is 32.3. The van der Waals surface area contributed by atoms with Gasteiger partial charge >= 0.3 is 10.4 Å². The number of hydrogen-bond donors (Lipinski definition) is 1. The maximum Gasteiger partial charge on any atom is 0.397 e. The highest BCUT2D eigenvalue weighted by Gasteiger charge is 2.25. The van der Waals surface area contributed by atoms with E-state index in [1.807, 2.05) is 0 Å². The second-order valence-electron chi connectivity index (χ2n) is 18.7. The zero-order valence-electron chi connectivity index (χ0n) is 49.3. The number of hydrogen-bond acceptors (Lipinski definition) is 19. The molecule has 4 rings (SSSR count). The van der Waals surface area contributed by atoms with E-state index in [0.717, 1.165) is 5.75 Å². The van der Waals surface area contributed by atoms with Gasteiger partial charge in [0.2, 0.25) is 0 Å². The van der Waals surface area contributed by atoms with E-state index in [9.17, 15) is 8.42 Å². The van der Waals surface area contributed by atoms with Crippen molar-refractivity contribution in [3.63, 3.8) is 0 Å². The van der Waals surface area contributed by atoms with Crippen LogP contribution in [0.5, 0.6) is 5.75 Å². The lowest BCUT2D eigenvalue weighted by Gasteiger charge is -2.26. The van der Waals surface area contributed by atoms with Crippen molar-refractivity contribution in [3.8, 4) is 5.75 Å². The van der Waals surface area contributed by atoms with Crippen molar-refractivity contribution in [2.24, 2.45) is 0 Å². The van der Waals surface area contributed by atoms with Gasteiger partial charge in [0.25, 0.3) is 0 Å². The van der Waals surface area contributed by atoms with Crippen LogP contribution >= 0.6 is 0 Å². The van der Waals surface area contributed by atoms with Gasteiger partial charge in [-0.15, -0.1) is 0 Å². The van der Waals surface area contributed by atoms with E-state index < -0.39 is 10.4 Å². The summed E-state index contributed by atoms with van der Waals surface area (Å²) in [6.45, 7) is 20.0. The normalized spacial score (nSPS) is 12.9. The Morgan fingerprint density at radius 3 is 0.723 bits per heavy atom. The first-order chi connectivity index (χ1) is 40.7. The Bertz CT molecular complexity index is 2170. The quantitative estimate of drug-likeness (QED) is 0.0333. The number of benzene rings is 4. The SMILES string of the molecule is CC(c1ccccc1)c1cc(C(C)c2ccccc2)c(OCCOCCOCCOCCOCCOCCOCCOCCOCCOCCOCCOCCOCCOCCOCCOCCOS(=O)(=O)O)c(C(C)c2ccccc2)c1. The fourth-order valence-corrected chi connectivity index (χ4v) is 8.40. The Morgan fingerprint density at radius 1 is 0.289 bits per heavy atom. The van der Waals surface area contributed by atoms with Gasteiger partial charge in [0.15, 0.2) is 0 Å². The van der Waals surface area contributed by atoms with Crippen molar-refractivity contribution in [1.82, 2.24) is 0 Å². The molecule has 0 saturated carbocycles. The lowest BCUT2D eigenvalue weighted by atomic mass is 9.81. The molecule has 4 aromatic rings. The molecule has 3 atom stereocenters. The summed E-state index contributed by atoms with van der Waals surface area (Å²) < 4.78 is 123. The highest BCUT2D eigenvalue weighted by Crippen LogP contribution is 2.42. The molecule has 0 heterocycles. The van der Waals surface area contributed by atoms with E-state index in [1.54, 1.807) is 0 Å². The van der Waals surface area contributed by atoms with Gasteiger partial charge in [-0.25, -0.2) is 4.18 Å². The Balaban J connectivity index is 0.864. The molecule has 21 heteroatoms. The Kier molecular flexibility index (Phi) is 41.4. The van der Waals surface area contributed by atoms with E-state index in [1.165, 1.54) is 33.4 Å².